The van der Waals surface area contributed by atoms with Gasteiger partial charge in [-0.05, 0) is 18.6 Å². The van der Waals surface area contributed by atoms with Gasteiger partial charge in [-0.15, -0.1) is 0 Å². The molecule has 0 atom stereocenters. The Bertz CT molecular complexity index is 383. The average molecular weight is 266 g/mol. The topological polar surface area (TPSA) is 59.6 Å². The fourth-order valence-electron chi connectivity index (χ4n) is 1.46. The summed E-state index contributed by atoms with van der Waals surface area (Å²) in [6.07, 6.45) is 0.958. The van der Waals surface area contributed by atoms with Crippen LogP contribution in [0, 0.1) is 0 Å². The first kappa shape index (κ1) is 15.5. The van der Waals surface area contributed by atoms with Crippen molar-refractivity contribution < 1.29 is 14.3 Å². The first-order valence-corrected chi connectivity index (χ1v) is 6.48. The third kappa shape index (κ3) is 6.79. The quantitative estimate of drug-likeness (QED) is 0.667. The molecule has 0 aliphatic rings. The summed E-state index contributed by atoms with van der Waals surface area (Å²) in [4.78, 5) is 11.6. The summed E-state index contributed by atoms with van der Waals surface area (Å²) in [5.41, 5.74) is 0.743. The second-order valence-electron chi connectivity index (χ2n) is 4.09. The highest BCUT2D eigenvalue weighted by molar-refractivity contribution is 5.92. The average Bonchev–Trinajstić information content (AvgIpc) is 2.42. The third-order valence-corrected chi connectivity index (χ3v) is 2.36. The van der Waals surface area contributed by atoms with Crippen LogP contribution in [0.5, 0.6) is 5.75 Å². The normalized spacial score (nSPS) is 10.2. The second-order valence-corrected chi connectivity index (χ2v) is 4.09. The van der Waals surface area contributed by atoms with Crippen LogP contribution in [0.3, 0.4) is 0 Å². The molecule has 1 aromatic rings. The summed E-state index contributed by atoms with van der Waals surface area (Å²) >= 11 is 0. The highest BCUT2D eigenvalue weighted by Crippen LogP contribution is 2.17. The van der Waals surface area contributed by atoms with E-state index in [2.05, 4.69) is 17.6 Å². The lowest BCUT2D eigenvalue weighted by atomic mass is 10.3. The van der Waals surface area contributed by atoms with Crippen molar-refractivity contribution in [2.45, 2.75) is 13.3 Å². The lowest BCUT2D eigenvalue weighted by molar-refractivity contribution is -0.115. The van der Waals surface area contributed by atoms with Crippen molar-refractivity contribution in [1.82, 2.24) is 5.32 Å². The van der Waals surface area contributed by atoms with Crippen LogP contribution in [-0.4, -0.2) is 39.3 Å². The van der Waals surface area contributed by atoms with E-state index in [0.717, 1.165) is 17.9 Å². The smallest absolute Gasteiger partial charge is 0.238 e. The van der Waals surface area contributed by atoms with Gasteiger partial charge in [-0.1, -0.05) is 13.0 Å². The van der Waals surface area contributed by atoms with Gasteiger partial charge < -0.3 is 20.1 Å². The number of hydrogen-bond donors (Lipinski definition) is 2. The van der Waals surface area contributed by atoms with Crippen LogP contribution < -0.4 is 15.4 Å². The standard InChI is InChI=1S/C14H22N2O3/c1-3-8-19-13-6-4-5-12(10-13)16-14(17)11-15-7-9-18-2/h4-6,10,15H,3,7-9,11H2,1-2H3,(H,16,17). The fraction of sp³-hybridized carbons (Fsp3) is 0.500. The van der Waals surface area contributed by atoms with Gasteiger partial charge >= 0.3 is 0 Å². The molecule has 0 unspecified atom stereocenters. The number of amides is 1. The third-order valence-electron chi connectivity index (χ3n) is 2.36. The van der Waals surface area contributed by atoms with Gasteiger partial charge in [0.1, 0.15) is 5.75 Å². The fourth-order valence-corrected chi connectivity index (χ4v) is 1.46. The van der Waals surface area contributed by atoms with E-state index in [9.17, 15) is 4.79 Å². The number of benzene rings is 1. The van der Waals surface area contributed by atoms with Crippen molar-refractivity contribution in [2.24, 2.45) is 0 Å². The van der Waals surface area contributed by atoms with E-state index in [0.29, 0.717) is 19.8 Å². The largest absolute Gasteiger partial charge is 0.494 e. The molecule has 1 amide bonds. The minimum absolute atomic E-state index is 0.0799. The lowest BCUT2D eigenvalue weighted by Crippen LogP contribution is -2.30. The van der Waals surface area contributed by atoms with Crippen LogP contribution in [0.1, 0.15) is 13.3 Å². The highest BCUT2D eigenvalue weighted by atomic mass is 16.5. The highest BCUT2D eigenvalue weighted by Gasteiger charge is 2.02. The zero-order valence-electron chi connectivity index (χ0n) is 11.6. The molecule has 0 bridgehead atoms. The number of nitrogens with one attached hydrogen (secondary N) is 2. The second kappa shape index (κ2) is 9.35. The molecule has 0 aliphatic heterocycles. The van der Waals surface area contributed by atoms with Gasteiger partial charge in [-0.2, -0.15) is 0 Å². The van der Waals surface area contributed by atoms with E-state index in [1.54, 1.807) is 7.11 Å². The van der Waals surface area contributed by atoms with Crippen LogP contribution in [-0.2, 0) is 9.53 Å². The summed E-state index contributed by atoms with van der Waals surface area (Å²) in [5, 5.41) is 5.80. The van der Waals surface area contributed by atoms with Gasteiger partial charge in [0.15, 0.2) is 0 Å². The van der Waals surface area contributed by atoms with Gasteiger partial charge in [0.2, 0.25) is 5.91 Å². The summed E-state index contributed by atoms with van der Waals surface area (Å²) in [7, 11) is 1.63. The van der Waals surface area contributed by atoms with Gasteiger partial charge in [-0.3, -0.25) is 4.79 Å². The molecule has 1 rings (SSSR count). The number of carbonyl (C=O) groups excluding carboxylic acids is 1. The Morgan fingerprint density at radius 1 is 1.32 bits per heavy atom. The van der Waals surface area contributed by atoms with Crippen molar-refractivity contribution in [3.8, 4) is 5.75 Å². The van der Waals surface area contributed by atoms with Gasteiger partial charge in [0.25, 0.3) is 0 Å². The van der Waals surface area contributed by atoms with E-state index in [-0.39, 0.29) is 12.5 Å². The molecule has 19 heavy (non-hydrogen) atoms. The zero-order valence-corrected chi connectivity index (χ0v) is 11.6. The van der Waals surface area contributed by atoms with Crippen molar-refractivity contribution in [1.29, 1.82) is 0 Å². The molecular formula is C14H22N2O3. The number of carbonyl (C=O) groups is 1. The molecule has 0 saturated carbocycles. The van der Waals surface area contributed by atoms with E-state index < -0.39 is 0 Å². The van der Waals surface area contributed by atoms with E-state index >= 15 is 0 Å². The predicted molar refractivity (Wildman–Crippen MR) is 75.6 cm³/mol. The Balaban J connectivity index is 2.36. The molecule has 5 heteroatoms. The van der Waals surface area contributed by atoms with Crippen LogP contribution in [0.2, 0.25) is 0 Å². The number of anilines is 1. The maximum atomic E-state index is 11.6. The number of rotatable bonds is 9. The summed E-state index contributed by atoms with van der Waals surface area (Å²) in [6, 6.07) is 7.40. The molecule has 0 aliphatic carbocycles. The van der Waals surface area contributed by atoms with Crippen LogP contribution in [0.15, 0.2) is 24.3 Å². The zero-order chi connectivity index (χ0) is 13.9. The minimum Gasteiger partial charge on any atom is -0.494 e. The molecule has 0 heterocycles. The van der Waals surface area contributed by atoms with Crippen LogP contribution in [0.4, 0.5) is 5.69 Å². The Morgan fingerprint density at radius 3 is 2.89 bits per heavy atom. The van der Waals surface area contributed by atoms with E-state index in [1.807, 2.05) is 24.3 Å². The molecule has 0 fully saturated rings. The minimum atomic E-state index is -0.0799. The molecule has 2 N–H and O–H groups in total. The van der Waals surface area contributed by atoms with Crippen molar-refractivity contribution in [2.75, 3.05) is 38.7 Å². The number of methoxy groups -OCH3 is 1. The number of ether oxygens (including phenoxy) is 2. The van der Waals surface area contributed by atoms with Crippen molar-refractivity contribution in [3.63, 3.8) is 0 Å². The molecule has 0 radical (unpaired) electrons. The van der Waals surface area contributed by atoms with Crippen LogP contribution in [0.25, 0.3) is 0 Å². The van der Waals surface area contributed by atoms with Gasteiger partial charge in [-0.25, -0.2) is 0 Å². The maximum absolute atomic E-state index is 11.6. The monoisotopic (exact) mass is 266 g/mol. The summed E-state index contributed by atoms with van der Waals surface area (Å²) in [6.45, 7) is 4.24. The first-order valence-electron chi connectivity index (χ1n) is 6.48. The van der Waals surface area contributed by atoms with E-state index in [1.165, 1.54) is 0 Å². The summed E-state index contributed by atoms with van der Waals surface area (Å²) < 4.78 is 10.4. The maximum Gasteiger partial charge on any atom is 0.238 e. The van der Waals surface area contributed by atoms with Crippen molar-refractivity contribution >= 4 is 11.6 Å². The Morgan fingerprint density at radius 2 is 2.16 bits per heavy atom. The molecule has 1 aromatic carbocycles. The molecule has 0 aromatic heterocycles. The predicted octanol–water partition coefficient (Wildman–Crippen LogP) is 1.65. The Labute approximate surface area is 114 Å². The SMILES string of the molecule is CCCOc1cccc(NC(=O)CNCCOC)c1. The van der Waals surface area contributed by atoms with Gasteiger partial charge in [0, 0.05) is 25.4 Å². The van der Waals surface area contributed by atoms with Crippen LogP contribution >= 0.6 is 0 Å². The van der Waals surface area contributed by atoms with E-state index in [4.69, 9.17) is 9.47 Å². The Hall–Kier alpha value is -1.59. The molecule has 0 spiro atoms. The van der Waals surface area contributed by atoms with Gasteiger partial charge in [0.05, 0.1) is 19.8 Å². The lowest BCUT2D eigenvalue weighted by Gasteiger charge is -2.09. The molecule has 106 valence electrons. The molecular weight excluding hydrogens is 244 g/mol. The first-order chi connectivity index (χ1) is 9.26. The summed E-state index contributed by atoms with van der Waals surface area (Å²) in [5.74, 6) is 0.690. The molecule has 5 nitrogen and oxygen atoms in total. The molecule has 0 saturated heterocycles. The Kier molecular flexibility index (Phi) is 7.62. The number of hydrogen-bond acceptors (Lipinski definition) is 4. The van der Waals surface area contributed by atoms with Crippen molar-refractivity contribution in [3.05, 3.63) is 24.3 Å².